The van der Waals surface area contributed by atoms with Crippen LogP contribution in [0.2, 0.25) is 5.15 Å². The quantitative estimate of drug-likeness (QED) is 0.672. The number of carbonyl (C=O) groups is 1. The Balaban J connectivity index is 1.83. The highest BCUT2D eigenvalue weighted by molar-refractivity contribution is 6.29. The zero-order valence-electron chi connectivity index (χ0n) is 17.3. The Morgan fingerprint density at radius 2 is 1.93 bits per heavy atom. The molecule has 3 heterocycles. The molecule has 0 atom stereocenters. The summed E-state index contributed by atoms with van der Waals surface area (Å²) in [6.07, 6.45) is 6.52. The van der Waals surface area contributed by atoms with E-state index in [0.29, 0.717) is 18.2 Å². The fourth-order valence-electron chi connectivity index (χ4n) is 3.42. The van der Waals surface area contributed by atoms with E-state index < -0.39 is 5.60 Å². The number of hydrogen-bond donors (Lipinski definition) is 0. The molecule has 0 aliphatic carbocycles. The lowest BCUT2D eigenvalue weighted by Gasteiger charge is -2.40. The lowest BCUT2D eigenvalue weighted by Crippen LogP contribution is -2.47. The largest absolute Gasteiger partial charge is 0.494 e. The lowest BCUT2D eigenvalue weighted by molar-refractivity contribution is 0.0206. The van der Waals surface area contributed by atoms with E-state index in [1.165, 1.54) is 0 Å². The van der Waals surface area contributed by atoms with Gasteiger partial charge in [0, 0.05) is 31.4 Å². The predicted octanol–water partition coefficient (Wildman–Crippen LogP) is 4.68. The first kappa shape index (κ1) is 21.2. The number of rotatable bonds is 4. The van der Waals surface area contributed by atoms with Crippen molar-refractivity contribution in [2.45, 2.75) is 45.3 Å². The fourth-order valence-corrected chi connectivity index (χ4v) is 3.53. The molecule has 0 radical (unpaired) electrons. The Labute approximate surface area is 176 Å². The molecule has 3 rings (SSSR count). The topological polar surface area (TPSA) is 67.8 Å². The van der Waals surface area contributed by atoms with Gasteiger partial charge in [-0.3, -0.25) is 4.98 Å². The van der Waals surface area contributed by atoms with Crippen LogP contribution in [0.5, 0.6) is 5.75 Å². The van der Waals surface area contributed by atoms with E-state index in [-0.39, 0.29) is 12.1 Å². The standard InChI is InChI=1S/C21H27ClN4O3/c1-21(2,3)29-20(27)25-11-8-15(9-12-25)26(16-5-6-19(22)24-13-16)17-14-23-10-7-18(17)28-4/h5-7,10,13-15H,8-9,11-12H2,1-4H3. The molecule has 0 N–H and O–H groups in total. The Bertz CT molecular complexity index is 831. The summed E-state index contributed by atoms with van der Waals surface area (Å²) < 4.78 is 11.1. The number of nitrogens with zero attached hydrogens (tertiary/aromatic N) is 4. The molecule has 1 fully saturated rings. The minimum Gasteiger partial charge on any atom is -0.494 e. The average Bonchev–Trinajstić information content (AvgIpc) is 2.69. The predicted molar refractivity (Wildman–Crippen MR) is 113 cm³/mol. The minimum absolute atomic E-state index is 0.148. The highest BCUT2D eigenvalue weighted by Gasteiger charge is 2.31. The van der Waals surface area contributed by atoms with Crippen LogP contribution in [-0.4, -0.2) is 52.8 Å². The molecule has 1 aliphatic rings. The molecule has 1 aliphatic heterocycles. The minimum atomic E-state index is -0.502. The second-order valence-corrected chi connectivity index (χ2v) is 8.34. The van der Waals surface area contributed by atoms with Gasteiger partial charge >= 0.3 is 6.09 Å². The monoisotopic (exact) mass is 418 g/mol. The van der Waals surface area contributed by atoms with Gasteiger partial charge in [-0.15, -0.1) is 0 Å². The molecule has 1 amide bonds. The number of piperidine rings is 1. The van der Waals surface area contributed by atoms with Gasteiger partial charge in [0.2, 0.25) is 0 Å². The number of pyridine rings is 2. The molecule has 2 aromatic rings. The summed E-state index contributed by atoms with van der Waals surface area (Å²) >= 11 is 5.99. The zero-order valence-corrected chi connectivity index (χ0v) is 18.0. The van der Waals surface area contributed by atoms with Crippen LogP contribution < -0.4 is 9.64 Å². The van der Waals surface area contributed by atoms with Gasteiger partial charge in [-0.2, -0.15) is 0 Å². The number of halogens is 1. The molecule has 156 valence electrons. The highest BCUT2D eigenvalue weighted by atomic mass is 35.5. The Kier molecular flexibility index (Phi) is 6.47. The third-order valence-electron chi connectivity index (χ3n) is 4.71. The molecule has 0 saturated carbocycles. The molecule has 29 heavy (non-hydrogen) atoms. The van der Waals surface area contributed by atoms with E-state index in [4.69, 9.17) is 21.1 Å². The number of anilines is 2. The van der Waals surface area contributed by atoms with Gasteiger partial charge in [0.25, 0.3) is 0 Å². The smallest absolute Gasteiger partial charge is 0.410 e. The van der Waals surface area contributed by atoms with Gasteiger partial charge < -0.3 is 19.3 Å². The molecular formula is C21H27ClN4O3. The maximum atomic E-state index is 12.4. The van der Waals surface area contributed by atoms with E-state index in [1.54, 1.807) is 36.7 Å². The number of likely N-dealkylation sites (tertiary alicyclic amines) is 1. The van der Waals surface area contributed by atoms with Crippen molar-refractivity contribution in [3.05, 3.63) is 41.9 Å². The zero-order chi connectivity index (χ0) is 21.0. The van der Waals surface area contributed by atoms with Gasteiger partial charge in [-0.05, 0) is 45.7 Å². The van der Waals surface area contributed by atoms with Gasteiger partial charge in [0.15, 0.2) is 0 Å². The normalized spacial score (nSPS) is 15.1. The van der Waals surface area contributed by atoms with Crippen molar-refractivity contribution in [2.24, 2.45) is 0 Å². The number of carbonyl (C=O) groups excluding carboxylic acids is 1. The van der Waals surface area contributed by atoms with E-state index in [1.807, 2.05) is 32.9 Å². The van der Waals surface area contributed by atoms with Crippen molar-refractivity contribution in [2.75, 3.05) is 25.1 Å². The van der Waals surface area contributed by atoms with Crippen LogP contribution in [0.15, 0.2) is 36.8 Å². The molecule has 0 aromatic carbocycles. The summed E-state index contributed by atoms with van der Waals surface area (Å²) in [6, 6.07) is 5.68. The first-order valence-electron chi connectivity index (χ1n) is 9.65. The Morgan fingerprint density at radius 3 is 2.52 bits per heavy atom. The van der Waals surface area contributed by atoms with Crippen LogP contribution in [0.25, 0.3) is 0 Å². The lowest BCUT2D eigenvalue weighted by atomic mass is 10.0. The summed E-state index contributed by atoms with van der Waals surface area (Å²) in [6.45, 7) is 6.85. The number of amides is 1. The second-order valence-electron chi connectivity index (χ2n) is 7.96. The Morgan fingerprint density at radius 1 is 1.21 bits per heavy atom. The van der Waals surface area contributed by atoms with Crippen LogP contribution >= 0.6 is 11.6 Å². The van der Waals surface area contributed by atoms with Crippen LogP contribution in [0, 0.1) is 0 Å². The van der Waals surface area contributed by atoms with Crippen molar-refractivity contribution in [1.82, 2.24) is 14.9 Å². The second kappa shape index (κ2) is 8.86. The van der Waals surface area contributed by atoms with E-state index >= 15 is 0 Å². The van der Waals surface area contributed by atoms with Crippen LogP contribution in [-0.2, 0) is 4.74 Å². The maximum absolute atomic E-state index is 12.4. The van der Waals surface area contributed by atoms with Gasteiger partial charge in [0.1, 0.15) is 22.2 Å². The highest BCUT2D eigenvalue weighted by Crippen LogP contribution is 2.37. The van der Waals surface area contributed by atoms with Crippen molar-refractivity contribution in [1.29, 1.82) is 0 Å². The molecule has 0 unspecified atom stereocenters. The third-order valence-corrected chi connectivity index (χ3v) is 4.94. The molecule has 0 spiro atoms. The summed E-state index contributed by atoms with van der Waals surface area (Å²) in [7, 11) is 1.64. The maximum Gasteiger partial charge on any atom is 0.410 e. The van der Waals surface area contributed by atoms with Gasteiger partial charge in [-0.1, -0.05) is 11.6 Å². The number of ether oxygens (including phenoxy) is 2. The molecule has 7 nitrogen and oxygen atoms in total. The van der Waals surface area contributed by atoms with Crippen molar-refractivity contribution >= 4 is 29.1 Å². The molecule has 2 aromatic heterocycles. The fraction of sp³-hybridized carbons (Fsp3) is 0.476. The van der Waals surface area contributed by atoms with E-state index in [0.717, 1.165) is 30.0 Å². The van der Waals surface area contributed by atoms with Gasteiger partial charge in [-0.25, -0.2) is 9.78 Å². The molecule has 1 saturated heterocycles. The van der Waals surface area contributed by atoms with Crippen molar-refractivity contribution in [3.63, 3.8) is 0 Å². The number of methoxy groups -OCH3 is 1. The SMILES string of the molecule is COc1ccncc1N(c1ccc(Cl)nc1)C1CCN(C(=O)OC(C)(C)C)CC1. The molecular weight excluding hydrogens is 392 g/mol. The van der Waals surface area contributed by atoms with Gasteiger partial charge in [0.05, 0.1) is 25.2 Å². The summed E-state index contributed by atoms with van der Waals surface area (Å²) in [5, 5.41) is 0.437. The number of hydrogen-bond acceptors (Lipinski definition) is 6. The first-order chi connectivity index (χ1) is 13.8. The first-order valence-corrected chi connectivity index (χ1v) is 10.0. The van der Waals surface area contributed by atoms with Crippen molar-refractivity contribution < 1.29 is 14.3 Å². The van der Waals surface area contributed by atoms with Crippen molar-refractivity contribution in [3.8, 4) is 5.75 Å². The van der Waals surface area contributed by atoms with E-state index in [9.17, 15) is 4.79 Å². The van der Waals surface area contributed by atoms with Crippen LogP contribution in [0.1, 0.15) is 33.6 Å². The van der Waals surface area contributed by atoms with Crippen LogP contribution in [0.4, 0.5) is 16.2 Å². The third kappa shape index (κ3) is 5.29. The molecule has 8 heteroatoms. The summed E-state index contributed by atoms with van der Waals surface area (Å²) in [4.78, 5) is 24.9. The summed E-state index contributed by atoms with van der Waals surface area (Å²) in [5.41, 5.74) is 1.25. The van der Waals surface area contributed by atoms with Crippen LogP contribution in [0.3, 0.4) is 0 Å². The molecule has 0 bridgehead atoms. The summed E-state index contributed by atoms with van der Waals surface area (Å²) in [5.74, 6) is 0.726. The number of aromatic nitrogens is 2. The van der Waals surface area contributed by atoms with E-state index in [2.05, 4.69) is 14.9 Å². The average molecular weight is 419 g/mol. The Hall–Kier alpha value is -2.54.